The number of anilines is 1. The predicted octanol–water partition coefficient (Wildman–Crippen LogP) is 2.30. The molecule has 0 aliphatic heterocycles. The maximum atomic E-state index is 11.3. The van der Waals surface area contributed by atoms with Crippen LogP contribution < -0.4 is 4.90 Å². The lowest BCUT2D eigenvalue weighted by atomic mass is 10.2. The fraction of sp³-hybridized carbons (Fsp3) is 0.400. The monoisotopic (exact) mass is 320 g/mol. The second-order valence-electron chi connectivity index (χ2n) is 4.86. The van der Waals surface area contributed by atoms with Gasteiger partial charge < -0.3 is 14.2 Å². The first-order chi connectivity index (χ1) is 10.6. The molecule has 1 heterocycles. The highest BCUT2D eigenvalue weighted by molar-refractivity contribution is 7.99. The number of carbonyl (C=O) groups excluding carboxylic acids is 1. The summed E-state index contributed by atoms with van der Waals surface area (Å²) in [5.41, 5.74) is 2.11. The number of rotatable bonds is 6. The minimum absolute atomic E-state index is 0.229. The van der Waals surface area contributed by atoms with Crippen molar-refractivity contribution in [3.63, 3.8) is 0 Å². The van der Waals surface area contributed by atoms with Crippen molar-refractivity contribution >= 4 is 23.4 Å². The van der Waals surface area contributed by atoms with Crippen LogP contribution in [0.25, 0.3) is 11.4 Å². The third-order valence-corrected chi connectivity index (χ3v) is 4.14. The zero-order chi connectivity index (χ0) is 16.1. The number of ether oxygens (including phenoxy) is 1. The van der Waals surface area contributed by atoms with Gasteiger partial charge in [0, 0.05) is 31.9 Å². The number of aromatic nitrogens is 3. The van der Waals surface area contributed by atoms with Crippen molar-refractivity contribution < 1.29 is 9.53 Å². The van der Waals surface area contributed by atoms with Gasteiger partial charge in [-0.3, -0.25) is 4.79 Å². The molecule has 0 atom stereocenters. The number of benzene rings is 1. The Labute approximate surface area is 134 Å². The summed E-state index contributed by atoms with van der Waals surface area (Å²) in [5.74, 6) is 0.761. The van der Waals surface area contributed by atoms with Crippen LogP contribution in [0.2, 0.25) is 0 Å². The number of hydrogen-bond donors (Lipinski definition) is 0. The molecule has 0 spiro atoms. The zero-order valence-corrected chi connectivity index (χ0v) is 14.1. The van der Waals surface area contributed by atoms with Crippen LogP contribution in [0.5, 0.6) is 0 Å². The van der Waals surface area contributed by atoms with E-state index in [1.54, 1.807) is 0 Å². The van der Waals surface area contributed by atoms with E-state index >= 15 is 0 Å². The Bertz CT molecular complexity index is 655. The normalized spacial score (nSPS) is 10.5. The minimum Gasteiger partial charge on any atom is -0.468 e. The van der Waals surface area contributed by atoms with E-state index in [0.29, 0.717) is 0 Å². The van der Waals surface area contributed by atoms with E-state index in [-0.39, 0.29) is 11.7 Å². The second kappa shape index (κ2) is 7.31. The first kappa shape index (κ1) is 16.4. The van der Waals surface area contributed by atoms with E-state index in [4.69, 9.17) is 0 Å². The molecular weight excluding hydrogens is 300 g/mol. The molecule has 0 saturated heterocycles. The fourth-order valence-electron chi connectivity index (χ4n) is 2.00. The number of thioether (sulfide) groups is 1. The van der Waals surface area contributed by atoms with E-state index in [1.807, 2.05) is 48.7 Å². The Morgan fingerprint density at radius 2 is 2.14 bits per heavy atom. The molecule has 0 unspecified atom stereocenters. The van der Waals surface area contributed by atoms with Gasteiger partial charge in [-0.1, -0.05) is 23.9 Å². The fourth-order valence-corrected chi connectivity index (χ4v) is 2.83. The van der Waals surface area contributed by atoms with Crippen LogP contribution in [-0.2, 0) is 16.1 Å². The van der Waals surface area contributed by atoms with Crippen molar-refractivity contribution in [1.29, 1.82) is 0 Å². The molecule has 2 aromatic rings. The highest BCUT2D eigenvalue weighted by Gasteiger charge is 2.15. The summed E-state index contributed by atoms with van der Waals surface area (Å²) in [6.45, 7) is 2.77. The van der Waals surface area contributed by atoms with Gasteiger partial charge in [-0.15, -0.1) is 10.2 Å². The lowest BCUT2D eigenvalue weighted by molar-refractivity contribution is -0.137. The number of carbonyl (C=O) groups is 1. The predicted molar refractivity (Wildman–Crippen MR) is 88.2 cm³/mol. The summed E-state index contributed by atoms with van der Waals surface area (Å²) >= 11 is 1.33. The molecule has 1 aromatic carbocycles. The standard InChI is InChI=1S/C15H20N4O2S/c1-5-19-14(11-7-6-8-12(9-11)18(2)3)16-17-15(19)22-10-13(20)21-4/h6-9H,5,10H2,1-4H3. The first-order valence-corrected chi connectivity index (χ1v) is 7.96. The molecule has 0 bridgehead atoms. The average molecular weight is 320 g/mol. The Morgan fingerprint density at radius 3 is 2.77 bits per heavy atom. The van der Waals surface area contributed by atoms with Gasteiger partial charge in [0.1, 0.15) is 0 Å². The molecule has 0 radical (unpaired) electrons. The van der Waals surface area contributed by atoms with Gasteiger partial charge in [0.05, 0.1) is 12.9 Å². The molecule has 1 aromatic heterocycles. The summed E-state index contributed by atoms with van der Waals surface area (Å²) < 4.78 is 6.66. The van der Waals surface area contributed by atoms with Crippen molar-refractivity contribution in [3.05, 3.63) is 24.3 Å². The van der Waals surface area contributed by atoms with Gasteiger partial charge in [-0.05, 0) is 19.1 Å². The van der Waals surface area contributed by atoms with Gasteiger partial charge in [0.2, 0.25) is 0 Å². The van der Waals surface area contributed by atoms with Crippen molar-refractivity contribution in [2.24, 2.45) is 0 Å². The maximum Gasteiger partial charge on any atom is 0.316 e. The maximum absolute atomic E-state index is 11.3. The van der Waals surface area contributed by atoms with E-state index in [9.17, 15) is 4.79 Å². The Balaban J connectivity index is 2.30. The van der Waals surface area contributed by atoms with Crippen LogP contribution in [0.3, 0.4) is 0 Å². The molecule has 0 N–H and O–H groups in total. The van der Waals surface area contributed by atoms with Gasteiger partial charge >= 0.3 is 5.97 Å². The smallest absolute Gasteiger partial charge is 0.316 e. The zero-order valence-electron chi connectivity index (χ0n) is 13.2. The number of nitrogens with zero attached hydrogens (tertiary/aromatic N) is 4. The van der Waals surface area contributed by atoms with Gasteiger partial charge in [-0.25, -0.2) is 0 Å². The Morgan fingerprint density at radius 1 is 1.36 bits per heavy atom. The molecule has 0 aliphatic carbocycles. The first-order valence-electron chi connectivity index (χ1n) is 6.97. The highest BCUT2D eigenvalue weighted by Crippen LogP contribution is 2.26. The number of hydrogen-bond acceptors (Lipinski definition) is 6. The molecule has 0 aliphatic rings. The molecule has 7 heteroatoms. The third kappa shape index (κ3) is 3.59. The SMILES string of the molecule is CCn1c(SCC(=O)OC)nnc1-c1cccc(N(C)C)c1. The molecule has 6 nitrogen and oxygen atoms in total. The van der Waals surface area contributed by atoms with Crippen LogP contribution in [-0.4, -0.2) is 47.7 Å². The summed E-state index contributed by atoms with van der Waals surface area (Å²) in [6, 6.07) is 8.13. The molecule has 118 valence electrons. The van der Waals surface area contributed by atoms with Crippen molar-refractivity contribution in [3.8, 4) is 11.4 Å². The Hall–Kier alpha value is -2.02. The highest BCUT2D eigenvalue weighted by atomic mass is 32.2. The van der Waals surface area contributed by atoms with Crippen LogP contribution in [0.15, 0.2) is 29.4 Å². The third-order valence-electron chi connectivity index (χ3n) is 3.20. The minimum atomic E-state index is -0.271. The van der Waals surface area contributed by atoms with Crippen LogP contribution in [0.4, 0.5) is 5.69 Å². The van der Waals surface area contributed by atoms with Gasteiger partial charge in [0.25, 0.3) is 0 Å². The van der Waals surface area contributed by atoms with Gasteiger partial charge in [0.15, 0.2) is 11.0 Å². The molecule has 0 saturated carbocycles. The van der Waals surface area contributed by atoms with Crippen LogP contribution in [0, 0.1) is 0 Å². The van der Waals surface area contributed by atoms with E-state index in [1.165, 1.54) is 18.9 Å². The second-order valence-corrected chi connectivity index (χ2v) is 5.80. The molecule has 22 heavy (non-hydrogen) atoms. The van der Waals surface area contributed by atoms with Crippen LogP contribution in [0.1, 0.15) is 6.92 Å². The van der Waals surface area contributed by atoms with E-state index < -0.39 is 0 Å². The lowest BCUT2D eigenvalue weighted by Gasteiger charge is -2.13. The summed E-state index contributed by atoms with van der Waals surface area (Å²) in [4.78, 5) is 13.3. The quantitative estimate of drug-likeness (QED) is 0.601. The van der Waals surface area contributed by atoms with Crippen molar-refractivity contribution in [1.82, 2.24) is 14.8 Å². The van der Waals surface area contributed by atoms with Crippen molar-refractivity contribution in [2.45, 2.75) is 18.6 Å². The van der Waals surface area contributed by atoms with E-state index in [2.05, 4.69) is 21.0 Å². The van der Waals surface area contributed by atoms with Crippen LogP contribution >= 0.6 is 11.8 Å². The largest absolute Gasteiger partial charge is 0.468 e. The lowest BCUT2D eigenvalue weighted by Crippen LogP contribution is -2.09. The number of methoxy groups -OCH3 is 1. The topological polar surface area (TPSA) is 60.3 Å². The summed E-state index contributed by atoms with van der Waals surface area (Å²) in [5, 5.41) is 9.20. The summed E-state index contributed by atoms with van der Waals surface area (Å²) in [7, 11) is 5.38. The Kier molecular flexibility index (Phi) is 5.43. The molecule has 0 fully saturated rings. The van der Waals surface area contributed by atoms with E-state index in [0.717, 1.165) is 28.8 Å². The number of esters is 1. The molecule has 2 rings (SSSR count). The van der Waals surface area contributed by atoms with Gasteiger partial charge in [-0.2, -0.15) is 0 Å². The summed E-state index contributed by atoms with van der Waals surface area (Å²) in [6.07, 6.45) is 0. The molecular formula is C15H20N4O2S. The average Bonchev–Trinajstić information content (AvgIpc) is 2.95. The van der Waals surface area contributed by atoms with Crippen molar-refractivity contribution in [2.75, 3.05) is 31.9 Å². The molecule has 0 amide bonds.